The maximum atomic E-state index is 12.4. The van der Waals surface area contributed by atoms with Crippen molar-refractivity contribution in [1.82, 2.24) is 0 Å². The van der Waals surface area contributed by atoms with Crippen molar-refractivity contribution in [3.8, 4) is 11.5 Å². The highest BCUT2D eigenvalue weighted by Gasteiger charge is 2.67. The first-order chi connectivity index (χ1) is 17.0. The van der Waals surface area contributed by atoms with Gasteiger partial charge in [-0.1, -0.05) is 64.6 Å². The van der Waals surface area contributed by atoms with E-state index in [4.69, 9.17) is 0 Å². The molecule has 0 amide bonds. The van der Waals surface area contributed by atoms with Crippen molar-refractivity contribution in [1.29, 1.82) is 0 Å². The highest BCUT2D eigenvalue weighted by Crippen LogP contribution is 2.75. The number of fused-ring (bicyclic) bond motifs is 7. The van der Waals surface area contributed by atoms with Crippen LogP contribution in [0.5, 0.6) is 11.5 Å². The minimum Gasteiger partial charge on any atom is -0.512 e. The molecule has 3 N–H and O–H groups in total. The van der Waals surface area contributed by atoms with Crippen LogP contribution in [-0.4, -0.2) is 20.4 Å². The Bertz CT molecular complexity index is 1230. The second-order valence-electron chi connectivity index (χ2n) is 13.9. The molecule has 4 aliphatic rings. The molecule has 1 unspecified atom stereocenters. The van der Waals surface area contributed by atoms with Gasteiger partial charge in [-0.15, -0.1) is 0 Å². The monoisotopic (exact) mass is 524 g/mol. The van der Waals surface area contributed by atoms with Crippen molar-refractivity contribution in [3.05, 3.63) is 46.7 Å². The van der Waals surface area contributed by atoms with Crippen molar-refractivity contribution in [2.24, 2.45) is 27.6 Å². The Morgan fingerprint density at radius 3 is 2.30 bits per heavy atom. The van der Waals surface area contributed by atoms with E-state index in [9.17, 15) is 20.1 Å². The van der Waals surface area contributed by atoms with Crippen LogP contribution in [-0.2, 0) is 10.2 Å². The molecule has 7 atom stereocenters. The van der Waals surface area contributed by atoms with Gasteiger partial charge in [0.2, 0.25) is 0 Å². The van der Waals surface area contributed by atoms with E-state index in [1.54, 1.807) is 13.0 Å². The number of aromatic hydroxyl groups is 2. The first-order valence-corrected chi connectivity index (χ1v) is 14.7. The van der Waals surface area contributed by atoms with Gasteiger partial charge in [0.1, 0.15) is 0 Å². The Balaban J connectivity index is 1.70. The molecule has 0 spiro atoms. The number of carbonyl (C=O) groups excluding carboxylic acids is 1. The number of carbonyl (C=O) groups is 1. The Morgan fingerprint density at radius 1 is 1.03 bits per heavy atom. The van der Waals surface area contributed by atoms with Gasteiger partial charge in [-0.2, -0.15) is 0 Å². The van der Waals surface area contributed by atoms with Crippen LogP contribution in [0.4, 0.5) is 0 Å². The van der Waals surface area contributed by atoms with Crippen LogP contribution < -0.4 is 0 Å². The molecule has 0 aromatic heterocycles. The average molecular weight is 525 g/mol. The van der Waals surface area contributed by atoms with E-state index in [0.717, 1.165) is 56.1 Å². The van der Waals surface area contributed by atoms with Gasteiger partial charge >= 0.3 is 0 Å². The highest BCUT2D eigenvalue weighted by molar-refractivity contribution is 8.13. The molecule has 202 valence electrons. The lowest BCUT2D eigenvalue weighted by Gasteiger charge is -2.70. The molecule has 0 bridgehead atoms. The van der Waals surface area contributed by atoms with Gasteiger partial charge in [0.25, 0.3) is 0 Å². The molecule has 3 saturated carbocycles. The second kappa shape index (κ2) is 8.07. The van der Waals surface area contributed by atoms with Crippen molar-refractivity contribution in [2.45, 2.75) is 104 Å². The molecular formula is C32H44O4S. The molecule has 4 aliphatic carbocycles. The van der Waals surface area contributed by atoms with Crippen molar-refractivity contribution in [3.63, 3.8) is 0 Å². The smallest absolute Gasteiger partial charge is 0.186 e. The molecular weight excluding hydrogens is 480 g/mol. The zero-order chi connectivity index (χ0) is 27.3. The molecule has 37 heavy (non-hydrogen) atoms. The molecule has 3 fully saturated rings. The third kappa shape index (κ3) is 3.44. The number of thioether (sulfide) groups is 1. The summed E-state index contributed by atoms with van der Waals surface area (Å²) >= 11 is 1.31. The van der Waals surface area contributed by atoms with Crippen molar-refractivity contribution < 1.29 is 20.1 Å². The van der Waals surface area contributed by atoms with E-state index < -0.39 is 0 Å². The minimum atomic E-state index is -0.278. The average Bonchev–Trinajstić information content (AvgIpc) is 2.81. The lowest BCUT2D eigenvalue weighted by Crippen LogP contribution is -2.62. The number of hydrogen-bond acceptors (Lipinski definition) is 5. The van der Waals surface area contributed by atoms with Gasteiger partial charge in [0.15, 0.2) is 16.6 Å². The van der Waals surface area contributed by atoms with Crippen LogP contribution in [0.25, 0.3) is 0 Å². The highest BCUT2D eigenvalue weighted by atomic mass is 32.2. The third-order valence-corrected chi connectivity index (χ3v) is 13.0. The van der Waals surface area contributed by atoms with Crippen molar-refractivity contribution in [2.75, 3.05) is 0 Å². The SMILES string of the molecule is C=C(O)[C@]1(C)CC[C@]2(C)CC[C@]3(C)C4=CC(SC(C)=O)c5c(cc(O)c(O)c5C)[C@]4(C)CC[C@@]3(C)[C@@H]2C1. The van der Waals surface area contributed by atoms with E-state index in [1.807, 2.05) is 6.92 Å². The lowest BCUT2D eigenvalue weighted by atomic mass is 9.34. The topological polar surface area (TPSA) is 77.8 Å². The first-order valence-electron chi connectivity index (χ1n) is 13.9. The molecule has 1 aromatic carbocycles. The summed E-state index contributed by atoms with van der Waals surface area (Å²) < 4.78 is 0. The van der Waals surface area contributed by atoms with Gasteiger partial charge in [0, 0.05) is 17.8 Å². The summed E-state index contributed by atoms with van der Waals surface area (Å²) in [6.07, 6.45) is 9.62. The Morgan fingerprint density at radius 2 is 1.68 bits per heavy atom. The molecule has 0 heterocycles. The number of phenolic OH excluding ortho intramolecular Hbond substituents is 2. The Kier molecular flexibility index (Phi) is 5.82. The predicted octanol–water partition coefficient (Wildman–Crippen LogP) is 8.41. The second-order valence-corrected chi connectivity index (χ2v) is 15.3. The molecule has 5 heteroatoms. The molecule has 0 saturated heterocycles. The third-order valence-electron chi connectivity index (χ3n) is 12.1. The first kappa shape index (κ1) is 26.7. The largest absolute Gasteiger partial charge is 0.512 e. The van der Waals surface area contributed by atoms with Gasteiger partial charge < -0.3 is 15.3 Å². The van der Waals surface area contributed by atoms with Crippen LogP contribution in [0, 0.1) is 34.5 Å². The van der Waals surface area contributed by atoms with Crippen molar-refractivity contribution >= 4 is 16.9 Å². The Labute approximate surface area is 226 Å². The summed E-state index contributed by atoms with van der Waals surface area (Å²) in [7, 11) is 0. The number of aliphatic hydroxyl groups excluding tert-OH is 1. The van der Waals surface area contributed by atoms with E-state index in [0.29, 0.717) is 17.2 Å². The molecule has 0 aliphatic heterocycles. The van der Waals surface area contributed by atoms with E-state index in [-0.39, 0.29) is 48.9 Å². The maximum Gasteiger partial charge on any atom is 0.186 e. The number of benzene rings is 1. The fraction of sp³-hybridized carbons (Fsp3) is 0.656. The lowest BCUT2D eigenvalue weighted by molar-refractivity contribution is -0.157. The summed E-state index contributed by atoms with van der Waals surface area (Å²) in [6, 6.07) is 1.77. The number of aliphatic hydroxyl groups is 1. The minimum absolute atomic E-state index is 0.0272. The standard InChI is InChI=1S/C32H44O4S/c1-18-26-21(15-22(35)27(18)36)30(6)12-14-32(8)25-17-29(5,19(2)33)10-9-28(25,4)11-13-31(32,7)24(30)16-23(26)37-20(3)34/h15-16,23,25,33,35-36H,2,9-14,17H2,1,3-8H3/t23?,25-,28-,29-,30+,31-,32+/m1/s1. The summed E-state index contributed by atoms with van der Waals surface area (Å²) in [4.78, 5) is 12.4. The summed E-state index contributed by atoms with van der Waals surface area (Å²) in [5.74, 6) is 0.603. The summed E-state index contributed by atoms with van der Waals surface area (Å²) in [6.45, 7) is 19.3. The summed E-state index contributed by atoms with van der Waals surface area (Å²) in [5.41, 5.74) is 3.74. The molecule has 4 nitrogen and oxygen atoms in total. The zero-order valence-corrected chi connectivity index (χ0v) is 24.4. The number of hydrogen-bond donors (Lipinski definition) is 3. The van der Waals surface area contributed by atoms with Crippen LogP contribution in [0.3, 0.4) is 0 Å². The fourth-order valence-electron chi connectivity index (χ4n) is 9.22. The van der Waals surface area contributed by atoms with Crippen LogP contribution in [0.1, 0.15) is 108 Å². The Hall–Kier alpha value is -1.88. The van der Waals surface area contributed by atoms with E-state index in [2.05, 4.69) is 47.3 Å². The number of allylic oxidation sites excluding steroid dienone is 2. The molecule has 1 aromatic rings. The normalized spacial score (nSPS) is 42.5. The summed E-state index contributed by atoms with van der Waals surface area (Å²) in [5, 5.41) is 31.8. The van der Waals surface area contributed by atoms with E-state index in [1.165, 1.54) is 17.3 Å². The van der Waals surface area contributed by atoms with E-state index >= 15 is 0 Å². The maximum absolute atomic E-state index is 12.4. The van der Waals surface area contributed by atoms with Gasteiger partial charge in [0.05, 0.1) is 11.0 Å². The molecule has 5 rings (SSSR count). The van der Waals surface area contributed by atoms with Gasteiger partial charge in [-0.25, -0.2) is 0 Å². The van der Waals surface area contributed by atoms with Gasteiger partial charge in [-0.05, 0) is 96.8 Å². The van der Waals surface area contributed by atoms with Crippen LogP contribution in [0.15, 0.2) is 30.1 Å². The predicted molar refractivity (Wildman–Crippen MR) is 151 cm³/mol. The van der Waals surface area contributed by atoms with Crippen LogP contribution in [0.2, 0.25) is 0 Å². The number of rotatable bonds is 2. The van der Waals surface area contributed by atoms with Gasteiger partial charge in [-0.3, -0.25) is 4.79 Å². The number of phenols is 2. The van der Waals surface area contributed by atoms with Crippen LogP contribution >= 0.6 is 11.8 Å². The molecule has 0 radical (unpaired) electrons. The quantitative estimate of drug-likeness (QED) is 0.206. The fourth-order valence-corrected chi connectivity index (χ4v) is 10.2. The zero-order valence-electron chi connectivity index (χ0n) is 23.6.